The maximum absolute atomic E-state index is 13.1. The number of carbonyl (C=O) groups is 1. The van der Waals surface area contributed by atoms with Gasteiger partial charge in [0.05, 0.1) is 6.04 Å². The van der Waals surface area contributed by atoms with E-state index in [1.54, 1.807) is 15.9 Å². The van der Waals surface area contributed by atoms with Gasteiger partial charge in [-0.25, -0.2) is 4.98 Å². The Hall–Kier alpha value is -3.80. The van der Waals surface area contributed by atoms with Gasteiger partial charge in [0.15, 0.2) is 5.84 Å². The molecule has 2 heterocycles. The van der Waals surface area contributed by atoms with E-state index in [0.717, 1.165) is 16.8 Å². The number of piperazine rings is 1. The Morgan fingerprint density at radius 3 is 2.29 bits per heavy atom. The molecule has 4 rings (SSSR count). The summed E-state index contributed by atoms with van der Waals surface area (Å²) in [6.45, 7) is 4.55. The molecule has 0 saturated carbocycles. The number of hydrogen-bond donors (Lipinski definition) is 2. The van der Waals surface area contributed by atoms with Gasteiger partial charge in [-0.15, -0.1) is 0 Å². The van der Waals surface area contributed by atoms with Crippen LogP contribution in [0.5, 0.6) is 0 Å². The van der Waals surface area contributed by atoms with Crippen LogP contribution in [0.4, 0.5) is 0 Å². The number of nitrogens with zero attached hydrogens (tertiary/aromatic N) is 3. The van der Waals surface area contributed by atoms with E-state index >= 15 is 0 Å². The summed E-state index contributed by atoms with van der Waals surface area (Å²) in [6, 6.07) is 22.7. The molecule has 6 heteroatoms. The van der Waals surface area contributed by atoms with E-state index in [-0.39, 0.29) is 17.6 Å². The number of amidine groups is 2. The SMILES string of the molecule is Cc1cccc(C(=N)N2CCN(C(=O)c3ccc(-c4ccccc4)cc3)[C@H](C)C2=N)n1. The molecule has 2 N–H and O–H groups in total. The van der Waals surface area contributed by atoms with E-state index in [4.69, 9.17) is 10.8 Å². The van der Waals surface area contributed by atoms with Crippen LogP contribution in [0.2, 0.25) is 0 Å². The van der Waals surface area contributed by atoms with Gasteiger partial charge in [-0.1, -0.05) is 48.5 Å². The van der Waals surface area contributed by atoms with Crippen molar-refractivity contribution in [2.75, 3.05) is 13.1 Å². The number of aromatic nitrogens is 1. The summed E-state index contributed by atoms with van der Waals surface area (Å²) in [5, 5.41) is 17.1. The Morgan fingerprint density at radius 2 is 1.61 bits per heavy atom. The molecule has 0 unspecified atom stereocenters. The molecule has 1 amide bonds. The van der Waals surface area contributed by atoms with Crippen LogP contribution in [-0.4, -0.2) is 51.5 Å². The average molecular weight is 412 g/mol. The maximum atomic E-state index is 13.1. The zero-order chi connectivity index (χ0) is 22.0. The van der Waals surface area contributed by atoms with Crippen molar-refractivity contribution < 1.29 is 4.79 Å². The molecule has 31 heavy (non-hydrogen) atoms. The lowest BCUT2D eigenvalue weighted by Crippen LogP contribution is -2.58. The largest absolute Gasteiger partial charge is 0.327 e. The first-order chi connectivity index (χ1) is 15.0. The first-order valence-corrected chi connectivity index (χ1v) is 10.3. The van der Waals surface area contributed by atoms with Gasteiger partial charge in [0, 0.05) is 24.3 Å². The van der Waals surface area contributed by atoms with Crippen molar-refractivity contribution in [2.45, 2.75) is 19.9 Å². The summed E-state index contributed by atoms with van der Waals surface area (Å²) in [5.41, 5.74) is 4.13. The quantitative estimate of drug-likeness (QED) is 0.500. The molecule has 1 fully saturated rings. The summed E-state index contributed by atoms with van der Waals surface area (Å²) < 4.78 is 0. The Labute approximate surface area is 182 Å². The molecular weight excluding hydrogens is 386 g/mol. The van der Waals surface area contributed by atoms with Crippen molar-refractivity contribution >= 4 is 17.6 Å². The van der Waals surface area contributed by atoms with Gasteiger partial charge in [0.1, 0.15) is 11.5 Å². The summed E-state index contributed by atoms with van der Waals surface area (Å²) in [4.78, 5) is 20.9. The lowest BCUT2D eigenvalue weighted by atomic mass is 10.0. The zero-order valence-corrected chi connectivity index (χ0v) is 17.7. The molecular formula is C25H25N5O. The van der Waals surface area contributed by atoms with E-state index < -0.39 is 6.04 Å². The van der Waals surface area contributed by atoms with Crippen molar-refractivity contribution in [1.82, 2.24) is 14.8 Å². The Balaban J connectivity index is 1.48. The molecule has 1 atom stereocenters. The molecule has 1 aromatic heterocycles. The third-order valence-corrected chi connectivity index (χ3v) is 5.62. The molecule has 0 bridgehead atoms. The number of aryl methyl sites for hydroxylation is 1. The minimum absolute atomic E-state index is 0.100. The van der Waals surface area contributed by atoms with Gasteiger partial charge in [-0.2, -0.15) is 0 Å². The number of rotatable bonds is 3. The average Bonchev–Trinajstić information content (AvgIpc) is 2.80. The Morgan fingerprint density at radius 1 is 0.935 bits per heavy atom. The molecule has 1 aliphatic heterocycles. The Kier molecular flexibility index (Phi) is 5.62. The van der Waals surface area contributed by atoms with Crippen LogP contribution in [0, 0.1) is 17.7 Å². The van der Waals surface area contributed by atoms with Gasteiger partial charge >= 0.3 is 0 Å². The molecule has 0 spiro atoms. The molecule has 6 nitrogen and oxygen atoms in total. The van der Waals surface area contributed by atoms with E-state index in [1.165, 1.54) is 0 Å². The lowest BCUT2D eigenvalue weighted by molar-refractivity contribution is 0.0701. The lowest BCUT2D eigenvalue weighted by Gasteiger charge is -2.41. The monoisotopic (exact) mass is 411 g/mol. The summed E-state index contributed by atoms with van der Waals surface area (Å²) in [5.74, 6) is 0.324. The maximum Gasteiger partial charge on any atom is 0.254 e. The second kappa shape index (κ2) is 8.52. The highest BCUT2D eigenvalue weighted by Crippen LogP contribution is 2.22. The van der Waals surface area contributed by atoms with Crippen LogP contribution in [0.25, 0.3) is 11.1 Å². The van der Waals surface area contributed by atoms with E-state index in [0.29, 0.717) is 24.3 Å². The second-order valence-corrected chi connectivity index (χ2v) is 7.67. The van der Waals surface area contributed by atoms with Crippen molar-refractivity contribution in [3.05, 3.63) is 89.7 Å². The second-order valence-electron chi connectivity index (χ2n) is 7.67. The highest BCUT2D eigenvalue weighted by Gasteiger charge is 2.34. The normalized spacial score (nSPS) is 16.3. The van der Waals surface area contributed by atoms with Crippen LogP contribution in [-0.2, 0) is 0 Å². The van der Waals surface area contributed by atoms with E-state index in [1.807, 2.05) is 80.6 Å². The van der Waals surface area contributed by atoms with Crippen LogP contribution in [0.3, 0.4) is 0 Å². The number of carbonyl (C=O) groups excluding carboxylic acids is 1. The van der Waals surface area contributed by atoms with Gasteiger partial charge in [-0.05, 0) is 49.2 Å². The van der Waals surface area contributed by atoms with Crippen molar-refractivity contribution in [1.29, 1.82) is 10.8 Å². The van der Waals surface area contributed by atoms with Crippen LogP contribution < -0.4 is 0 Å². The zero-order valence-electron chi connectivity index (χ0n) is 17.7. The molecule has 156 valence electrons. The van der Waals surface area contributed by atoms with Gasteiger partial charge < -0.3 is 9.80 Å². The van der Waals surface area contributed by atoms with Crippen molar-refractivity contribution in [3.8, 4) is 11.1 Å². The van der Waals surface area contributed by atoms with Gasteiger partial charge in [0.2, 0.25) is 0 Å². The molecule has 1 aliphatic rings. The first kappa shape index (κ1) is 20.5. The predicted molar refractivity (Wildman–Crippen MR) is 123 cm³/mol. The van der Waals surface area contributed by atoms with E-state index in [9.17, 15) is 4.79 Å². The highest BCUT2D eigenvalue weighted by molar-refractivity contribution is 6.09. The standard InChI is InChI=1S/C25H25N5O/c1-17-7-6-10-22(28-17)24(27)30-16-15-29(18(2)23(30)26)25(31)21-13-11-20(12-14-21)19-8-4-3-5-9-19/h3-14,18,26-27H,15-16H2,1-2H3/t18-/m1/s1. The van der Waals surface area contributed by atoms with Crippen molar-refractivity contribution in [3.63, 3.8) is 0 Å². The van der Waals surface area contributed by atoms with Crippen LogP contribution in [0.1, 0.15) is 28.7 Å². The summed E-state index contributed by atoms with van der Waals surface area (Å²) in [7, 11) is 0. The number of hydrogen-bond acceptors (Lipinski definition) is 4. The third kappa shape index (κ3) is 4.10. The smallest absolute Gasteiger partial charge is 0.254 e. The molecule has 2 aromatic carbocycles. The van der Waals surface area contributed by atoms with Crippen LogP contribution >= 0.6 is 0 Å². The minimum atomic E-state index is -0.430. The topological polar surface area (TPSA) is 84.1 Å². The number of nitrogens with one attached hydrogen (secondary N) is 2. The van der Waals surface area contributed by atoms with Gasteiger partial charge in [0.25, 0.3) is 5.91 Å². The summed E-state index contributed by atoms with van der Waals surface area (Å²) >= 11 is 0. The molecule has 0 aliphatic carbocycles. The fourth-order valence-corrected chi connectivity index (χ4v) is 3.82. The van der Waals surface area contributed by atoms with Crippen LogP contribution in [0.15, 0.2) is 72.8 Å². The van der Waals surface area contributed by atoms with E-state index in [2.05, 4.69) is 4.98 Å². The third-order valence-electron chi connectivity index (χ3n) is 5.62. The molecule has 1 saturated heterocycles. The summed E-state index contributed by atoms with van der Waals surface area (Å²) in [6.07, 6.45) is 0. The predicted octanol–water partition coefficient (Wildman–Crippen LogP) is 4.21. The number of benzene rings is 2. The van der Waals surface area contributed by atoms with Gasteiger partial charge in [-0.3, -0.25) is 15.6 Å². The number of amides is 1. The Bertz CT molecular complexity index is 1120. The minimum Gasteiger partial charge on any atom is -0.327 e. The first-order valence-electron chi connectivity index (χ1n) is 10.3. The fourth-order valence-electron chi connectivity index (χ4n) is 3.82. The number of pyridine rings is 1. The molecule has 3 aromatic rings. The molecule has 0 radical (unpaired) electrons. The fraction of sp³-hybridized carbons (Fsp3) is 0.200. The van der Waals surface area contributed by atoms with Crippen molar-refractivity contribution in [2.24, 2.45) is 0 Å². The highest BCUT2D eigenvalue weighted by atomic mass is 16.2.